The van der Waals surface area contributed by atoms with Crippen molar-refractivity contribution in [3.8, 4) is 0 Å². The Hall–Kier alpha value is -2.09. The van der Waals surface area contributed by atoms with Gasteiger partial charge in [-0.05, 0) is 13.3 Å². The van der Waals surface area contributed by atoms with Crippen LogP contribution in [0.25, 0.3) is 4.96 Å². The number of piperazine rings is 1. The van der Waals surface area contributed by atoms with E-state index in [4.69, 9.17) is 0 Å². The number of fused-ring (bicyclic) bond motifs is 1. The van der Waals surface area contributed by atoms with Crippen LogP contribution in [0, 0.1) is 6.92 Å². The average molecular weight is 386 g/mol. The van der Waals surface area contributed by atoms with E-state index in [0.29, 0.717) is 0 Å². The Balaban J connectivity index is 1.37. The maximum Gasteiger partial charge on any atom is 0.275 e. The number of rotatable bonds is 5. The van der Waals surface area contributed by atoms with Gasteiger partial charge in [0, 0.05) is 11.6 Å². The van der Waals surface area contributed by atoms with Gasteiger partial charge in [0.15, 0.2) is 0 Å². The Morgan fingerprint density at radius 3 is 2.56 bits per heavy atom. The molecule has 0 bridgehead atoms. The van der Waals surface area contributed by atoms with E-state index in [-0.39, 0.29) is 5.56 Å². The molecular formula is C20H27N5OS+2. The van der Waals surface area contributed by atoms with Crippen LogP contribution in [0.5, 0.6) is 0 Å². The van der Waals surface area contributed by atoms with Gasteiger partial charge in [-0.3, -0.25) is 4.79 Å². The second kappa shape index (κ2) is 7.88. The molecule has 4 rings (SSSR count). The molecule has 0 radical (unpaired) electrons. The third kappa shape index (κ3) is 4.26. The number of nitrogens with zero attached hydrogens (tertiary/aromatic N) is 3. The van der Waals surface area contributed by atoms with Crippen LogP contribution in [0.3, 0.4) is 0 Å². The molecule has 3 aromatic rings. The Bertz CT molecular complexity index is 987. The van der Waals surface area contributed by atoms with Crippen LogP contribution in [0.1, 0.15) is 28.8 Å². The van der Waals surface area contributed by atoms with E-state index < -0.39 is 0 Å². The summed E-state index contributed by atoms with van der Waals surface area (Å²) < 4.78 is 1.44. The van der Waals surface area contributed by atoms with Crippen molar-refractivity contribution in [2.24, 2.45) is 0 Å². The molecule has 0 unspecified atom stereocenters. The zero-order chi connectivity index (χ0) is 18.8. The molecule has 1 aliphatic rings. The fourth-order valence-corrected chi connectivity index (χ4v) is 4.66. The quantitative estimate of drug-likeness (QED) is 0.623. The van der Waals surface area contributed by atoms with E-state index in [1.165, 1.54) is 31.9 Å². The number of aryl methyl sites for hydroxylation is 2. The lowest BCUT2D eigenvalue weighted by molar-refractivity contribution is -1.02. The molecule has 0 saturated carbocycles. The van der Waals surface area contributed by atoms with Gasteiger partial charge in [-0.2, -0.15) is 9.61 Å². The molecule has 1 saturated heterocycles. The van der Waals surface area contributed by atoms with Crippen LogP contribution in [0.15, 0.2) is 35.1 Å². The smallest absolute Gasteiger partial charge is 0.275 e. The Morgan fingerprint density at radius 1 is 1.11 bits per heavy atom. The highest BCUT2D eigenvalue weighted by Gasteiger charge is 2.24. The summed E-state index contributed by atoms with van der Waals surface area (Å²) in [5.74, 6) is 0. The predicted molar refractivity (Wildman–Crippen MR) is 106 cm³/mol. The van der Waals surface area contributed by atoms with Crippen molar-refractivity contribution < 1.29 is 9.80 Å². The number of aromatic nitrogens is 3. The van der Waals surface area contributed by atoms with Crippen molar-refractivity contribution in [1.82, 2.24) is 14.6 Å². The van der Waals surface area contributed by atoms with Crippen molar-refractivity contribution in [2.45, 2.75) is 33.4 Å². The second-order valence-corrected chi connectivity index (χ2v) is 8.51. The lowest BCUT2D eigenvalue weighted by atomic mass is 10.1. The number of quaternary nitrogens is 2. The van der Waals surface area contributed by atoms with Gasteiger partial charge in [-0.1, -0.05) is 48.1 Å². The molecule has 2 aromatic heterocycles. The number of benzene rings is 1. The van der Waals surface area contributed by atoms with Crippen LogP contribution < -0.4 is 15.4 Å². The van der Waals surface area contributed by atoms with E-state index in [1.54, 1.807) is 11.0 Å². The van der Waals surface area contributed by atoms with Gasteiger partial charge in [0.25, 0.3) is 5.56 Å². The molecule has 1 aromatic carbocycles. The van der Waals surface area contributed by atoms with Crippen LogP contribution in [0.2, 0.25) is 0 Å². The summed E-state index contributed by atoms with van der Waals surface area (Å²) in [4.78, 5) is 20.9. The molecule has 0 amide bonds. The summed E-state index contributed by atoms with van der Waals surface area (Å²) in [5.41, 5.74) is 3.58. The molecule has 142 valence electrons. The Morgan fingerprint density at radius 2 is 1.85 bits per heavy atom. The van der Waals surface area contributed by atoms with E-state index in [9.17, 15) is 4.79 Å². The van der Waals surface area contributed by atoms with Crippen molar-refractivity contribution in [3.63, 3.8) is 0 Å². The van der Waals surface area contributed by atoms with E-state index in [1.807, 2.05) is 6.92 Å². The molecule has 1 aliphatic heterocycles. The van der Waals surface area contributed by atoms with Crippen molar-refractivity contribution >= 4 is 16.3 Å². The third-order valence-corrected chi connectivity index (χ3v) is 6.33. The molecule has 0 spiro atoms. The van der Waals surface area contributed by atoms with Crippen LogP contribution >= 0.6 is 11.3 Å². The minimum atomic E-state index is -0.0611. The SMILES string of the molecule is CCc1nn2c(=O)cc(C[NH+]3CC[NH+](Cc4cccc(C)c4)CC3)nc2s1. The third-order valence-electron chi connectivity index (χ3n) is 5.27. The minimum Gasteiger partial charge on any atom is -0.322 e. The van der Waals surface area contributed by atoms with E-state index in [2.05, 4.69) is 41.3 Å². The lowest BCUT2D eigenvalue weighted by Crippen LogP contribution is -3.27. The highest BCUT2D eigenvalue weighted by Crippen LogP contribution is 2.11. The van der Waals surface area contributed by atoms with Crippen molar-refractivity contribution in [3.05, 3.63) is 62.5 Å². The van der Waals surface area contributed by atoms with Gasteiger partial charge >= 0.3 is 0 Å². The van der Waals surface area contributed by atoms with Crippen LogP contribution in [0.4, 0.5) is 0 Å². The predicted octanol–water partition coefficient (Wildman–Crippen LogP) is -0.495. The lowest BCUT2D eigenvalue weighted by Gasteiger charge is -2.29. The maximum absolute atomic E-state index is 12.3. The van der Waals surface area contributed by atoms with Crippen LogP contribution in [-0.2, 0) is 19.5 Å². The van der Waals surface area contributed by atoms with Gasteiger partial charge in [0.1, 0.15) is 50.0 Å². The monoisotopic (exact) mass is 385 g/mol. The summed E-state index contributed by atoms with van der Waals surface area (Å²) >= 11 is 1.52. The zero-order valence-corrected chi connectivity index (χ0v) is 16.8. The van der Waals surface area contributed by atoms with Crippen LogP contribution in [-0.4, -0.2) is 40.8 Å². The first kappa shape index (κ1) is 18.3. The van der Waals surface area contributed by atoms with Gasteiger partial charge in [0.05, 0.1) is 0 Å². The molecule has 3 heterocycles. The number of nitrogens with one attached hydrogen (secondary N) is 2. The number of hydrogen-bond acceptors (Lipinski definition) is 4. The van der Waals surface area contributed by atoms with E-state index >= 15 is 0 Å². The topological polar surface area (TPSA) is 56.1 Å². The molecule has 2 N–H and O–H groups in total. The molecule has 6 nitrogen and oxygen atoms in total. The first-order valence-electron chi connectivity index (χ1n) is 9.72. The van der Waals surface area contributed by atoms with Gasteiger partial charge in [0.2, 0.25) is 4.96 Å². The second-order valence-electron chi connectivity index (χ2n) is 7.47. The molecule has 1 fully saturated rings. The summed E-state index contributed by atoms with van der Waals surface area (Å²) in [6.45, 7) is 10.7. The summed E-state index contributed by atoms with van der Waals surface area (Å²) in [7, 11) is 0. The molecular weight excluding hydrogens is 358 g/mol. The van der Waals surface area contributed by atoms with E-state index in [0.717, 1.165) is 61.4 Å². The summed E-state index contributed by atoms with van der Waals surface area (Å²) in [6.07, 6.45) is 0.833. The largest absolute Gasteiger partial charge is 0.322 e. The summed E-state index contributed by atoms with van der Waals surface area (Å²) in [6, 6.07) is 10.5. The Labute approximate surface area is 163 Å². The summed E-state index contributed by atoms with van der Waals surface area (Å²) in [5, 5.41) is 5.28. The molecule has 7 heteroatoms. The highest BCUT2D eigenvalue weighted by molar-refractivity contribution is 7.16. The highest BCUT2D eigenvalue weighted by atomic mass is 32.1. The minimum absolute atomic E-state index is 0.0611. The molecule has 27 heavy (non-hydrogen) atoms. The Kier molecular flexibility index (Phi) is 5.33. The fourth-order valence-electron chi connectivity index (χ4n) is 3.81. The first-order valence-corrected chi connectivity index (χ1v) is 10.5. The number of hydrogen-bond donors (Lipinski definition) is 2. The fraction of sp³-hybridized carbons (Fsp3) is 0.450. The normalized spacial score (nSPS) is 20.2. The average Bonchev–Trinajstić information content (AvgIpc) is 3.07. The molecule has 0 atom stereocenters. The first-order chi connectivity index (χ1) is 13.1. The zero-order valence-electron chi connectivity index (χ0n) is 16.0. The van der Waals surface area contributed by atoms with Crippen molar-refractivity contribution in [1.29, 1.82) is 0 Å². The molecule has 0 aliphatic carbocycles. The van der Waals surface area contributed by atoms with Gasteiger partial charge in [-0.15, -0.1) is 0 Å². The standard InChI is InChI=1S/C20H25N5OS/c1-3-18-22-25-19(26)12-17(21-20(25)27-18)14-24-9-7-23(8-10-24)13-16-6-4-5-15(2)11-16/h4-6,11-12H,3,7-10,13-14H2,1-2H3/p+2. The van der Waals surface area contributed by atoms with Crippen molar-refractivity contribution in [2.75, 3.05) is 26.2 Å². The van der Waals surface area contributed by atoms with Gasteiger partial charge < -0.3 is 9.80 Å². The maximum atomic E-state index is 12.3. The van der Waals surface area contributed by atoms with Gasteiger partial charge in [-0.25, -0.2) is 4.98 Å².